The maximum absolute atomic E-state index is 8.67. The Hall–Kier alpha value is -0.300. The maximum atomic E-state index is 8.67. The van der Waals surface area contributed by atoms with E-state index in [4.69, 9.17) is 5.11 Å². The SMILES string of the molecule is CCCCCCCCCCC/C=C\CCCCCCO. The number of hydrogen-bond acceptors (Lipinski definition) is 1. The molecule has 0 aromatic heterocycles. The van der Waals surface area contributed by atoms with E-state index in [-0.39, 0.29) is 0 Å². The van der Waals surface area contributed by atoms with E-state index in [1.165, 1.54) is 89.9 Å². The lowest BCUT2D eigenvalue weighted by atomic mass is 10.1. The van der Waals surface area contributed by atoms with Gasteiger partial charge < -0.3 is 5.11 Å². The van der Waals surface area contributed by atoms with Crippen molar-refractivity contribution in [1.29, 1.82) is 0 Å². The fraction of sp³-hybridized carbons (Fsp3) is 0.895. The van der Waals surface area contributed by atoms with Crippen LogP contribution in [0.1, 0.15) is 103 Å². The van der Waals surface area contributed by atoms with Crippen molar-refractivity contribution in [2.24, 2.45) is 0 Å². The Morgan fingerprint density at radius 3 is 1.40 bits per heavy atom. The van der Waals surface area contributed by atoms with Crippen molar-refractivity contribution in [2.45, 2.75) is 103 Å². The number of allylic oxidation sites excluding steroid dienone is 2. The van der Waals surface area contributed by atoms with Gasteiger partial charge in [-0.2, -0.15) is 0 Å². The van der Waals surface area contributed by atoms with Crippen LogP contribution in [0.25, 0.3) is 0 Å². The minimum Gasteiger partial charge on any atom is -0.396 e. The van der Waals surface area contributed by atoms with Crippen LogP contribution in [0.15, 0.2) is 12.2 Å². The third-order valence-corrected chi connectivity index (χ3v) is 3.92. The molecule has 0 aliphatic rings. The van der Waals surface area contributed by atoms with Crippen molar-refractivity contribution in [3.05, 3.63) is 12.2 Å². The molecular weight excluding hydrogens is 244 g/mol. The molecule has 0 spiro atoms. The van der Waals surface area contributed by atoms with Crippen LogP contribution >= 0.6 is 0 Å². The van der Waals surface area contributed by atoms with Crippen LogP contribution < -0.4 is 0 Å². The number of rotatable bonds is 16. The highest BCUT2D eigenvalue weighted by molar-refractivity contribution is 4.81. The van der Waals surface area contributed by atoms with Crippen molar-refractivity contribution in [3.8, 4) is 0 Å². The molecule has 0 rings (SSSR count). The first kappa shape index (κ1) is 19.7. The Morgan fingerprint density at radius 1 is 0.550 bits per heavy atom. The van der Waals surface area contributed by atoms with Gasteiger partial charge in [0.2, 0.25) is 0 Å². The van der Waals surface area contributed by atoms with Crippen LogP contribution in [0, 0.1) is 0 Å². The fourth-order valence-corrected chi connectivity index (χ4v) is 2.54. The first-order valence-electron chi connectivity index (χ1n) is 9.17. The molecule has 0 radical (unpaired) electrons. The van der Waals surface area contributed by atoms with Crippen molar-refractivity contribution in [1.82, 2.24) is 0 Å². The Balaban J connectivity index is 3.01. The molecule has 0 unspecified atom stereocenters. The number of unbranched alkanes of at least 4 members (excludes halogenated alkanes) is 13. The quantitative estimate of drug-likeness (QED) is 0.256. The van der Waals surface area contributed by atoms with E-state index in [0.29, 0.717) is 6.61 Å². The second-order valence-electron chi connectivity index (χ2n) is 6.02. The zero-order valence-electron chi connectivity index (χ0n) is 13.9. The molecule has 0 aliphatic heterocycles. The molecule has 0 atom stereocenters. The summed E-state index contributed by atoms with van der Waals surface area (Å²) in [5.41, 5.74) is 0. The van der Waals surface area contributed by atoms with Gasteiger partial charge in [-0.3, -0.25) is 0 Å². The van der Waals surface area contributed by atoms with Crippen LogP contribution in [-0.4, -0.2) is 11.7 Å². The lowest BCUT2D eigenvalue weighted by Crippen LogP contribution is -1.82. The lowest BCUT2D eigenvalue weighted by Gasteiger charge is -2.00. The van der Waals surface area contributed by atoms with Gasteiger partial charge in [0.1, 0.15) is 0 Å². The molecular formula is C19H38O. The Morgan fingerprint density at radius 2 is 0.950 bits per heavy atom. The predicted octanol–water partition coefficient (Wildman–Crippen LogP) is 6.41. The number of hydrogen-bond donors (Lipinski definition) is 1. The second-order valence-corrected chi connectivity index (χ2v) is 6.02. The van der Waals surface area contributed by atoms with Crippen LogP contribution in [0.4, 0.5) is 0 Å². The minimum atomic E-state index is 0.356. The second kappa shape index (κ2) is 18.7. The van der Waals surface area contributed by atoms with Gasteiger partial charge in [-0.15, -0.1) is 0 Å². The van der Waals surface area contributed by atoms with E-state index >= 15 is 0 Å². The van der Waals surface area contributed by atoms with Crippen LogP contribution in [0.2, 0.25) is 0 Å². The summed E-state index contributed by atoms with van der Waals surface area (Å²) in [7, 11) is 0. The Bertz CT molecular complexity index is 186. The van der Waals surface area contributed by atoms with Gasteiger partial charge >= 0.3 is 0 Å². The van der Waals surface area contributed by atoms with Gasteiger partial charge in [0.05, 0.1) is 0 Å². The van der Waals surface area contributed by atoms with Crippen molar-refractivity contribution >= 4 is 0 Å². The van der Waals surface area contributed by atoms with Gasteiger partial charge in [0.15, 0.2) is 0 Å². The Kier molecular flexibility index (Phi) is 18.4. The largest absolute Gasteiger partial charge is 0.396 e. The highest BCUT2D eigenvalue weighted by atomic mass is 16.2. The molecule has 0 saturated carbocycles. The molecule has 0 aromatic rings. The topological polar surface area (TPSA) is 20.2 Å². The van der Waals surface area contributed by atoms with Gasteiger partial charge in [0, 0.05) is 6.61 Å². The van der Waals surface area contributed by atoms with Crippen LogP contribution in [-0.2, 0) is 0 Å². The summed E-state index contributed by atoms with van der Waals surface area (Å²) in [6.07, 6.45) is 24.7. The molecule has 20 heavy (non-hydrogen) atoms. The summed E-state index contributed by atoms with van der Waals surface area (Å²) >= 11 is 0. The molecule has 0 fully saturated rings. The van der Waals surface area contributed by atoms with E-state index in [0.717, 1.165) is 6.42 Å². The zero-order chi connectivity index (χ0) is 14.7. The molecule has 0 aromatic carbocycles. The maximum Gasteiger partial charge on any atom is 0.0431 e. The average molecular weight is 283 g/mol. The van der Waals surface area contributed by atoms with E-state index < -0.39 is 0 Å². The molecule has 0 heterocycles. The molecule has 1 N–H and O–H groups in total. The highest BCUT2D eigenvalue weighted by Gasteiger charge is 1.91. The highest BCUT2D eigenvalue weighted by Crippen LogP contribution is 2.11. The first-order valence-corrected chi connectivity index (χ1v) is 9.17. The summed E-state index contributed by atoms with van der Waals surface area (Å²) in [5, 5.41) is 8.67. The molecule has 1 heteroatoms. The molecule has 0 amide bonds. The molecule has 0 saturated heterocycles. The smallest absolute Gasteiger partial charge is 0.0431 e. The summed E-state index contributed by atoms with van der Waals surface area (Å²) in [6, 6.07) is 0. The van der Waals surface area contributed by atoms with E-state index in [1.807, 2.05) is 0 Å². The van der Waals surface area contributed by atoms with Crippen molar-refractivity contribution < 1.29 is 5.11 Å². The number of aliphatic hydroxyl groups is 1. The number of aliphatic hydroxyl groups excluding tert-OH is 1. The van der Waals surface area contributed by atoms with Gasteiger partial charge in [-0.1, -0.05) is 83.3 Å². The predicted molar refractivity (Wildman–Crippen MR) is 91.2 cm³/mol. The lowest BCUT2D eigenvalue weighted by molar-refractivity contribution is 0.282. The minimum absolute atomic E-state index is 0.356. The van der Waals surface area contributed by atoms with Crippen molar-refractivity contribution in [3.63, 3.8) is 0 Å². The molecule has 120 valence electrons. The van der Waals surface area contributed by atoms with Crippen LogP contribution in [0.5, 0.6) is 0 Å². The molecule has 1 nitrogen and oxygen atoms in total. The van der Waals surface area contributed by atoms with Crippen LogP contribution in [0.3, 0.4) is 0 Å². The standard InChI is InChI=1S/C19H38O/c1-2-3-4-5-6-7-8-9-10-11-12-13-14-15-16-17-18-19-20/h12-13,20H,2-11,14-19H2,1H3/b13-12-. The third kappa shape index (κ3) is 17.7. The normalized spacial score (nSPS) is 11.5. The summed E-state index contributed by atoms with van der Waals surface area (Å²) in [4.78, 5) is 0. The molecule has 0 bridgehead atoms. The van der Waals surface area contributed by atoms with E-state index in [1.54, 1.807) is 0 Å². The molecule has 0 aliphatic carbocycles. The summed E-state index contributed by atoms with van der Waals surface area (Å²) in [6.45, 7) is 2.64. The van der Waals surface area contributed by atoms with E-state index in [2.05, 4.69) is 19.1 Å². The van der Waals surface area contributed by atoms with Gasteiger partial charge in [-0.05, 0) is 32.1 Å². The third-order valence-electron chi connectivity index (χ3n) is 3.92. The summed E-state index contributed by atoms with van der Waals surface area (Å²) < 4.78 is 0. The fourth-order valence-electron chi connectivity index (χ4n) is 2.54. The first-order chi connectivity index (χ1) is 9.91. The Labute approximate surface area is 127 Å². The van der Waals surface area contributed by atoms with Gasteiger partial charge in [0.25, 0.3) is 0 Å². The summed E-state index contributed by atoms with van der Waals surface area (Å²) in [5.74, 6) is 0. The average Bonchev–Trinajstić information content (AvgIpc) is 2.47. The van der Waals surface area contributed by atoms with Gasteiger partial charge in [-0.25, -0.2) is 0 Å². The van der Waals surface area contributed by atoms with E-state index in [9.17, 15) is 0 Å². The monoisotopic (exact) mass is 282 g/mol. The zero-order valence-corrected chi connectivity index (χ0v) is 13.9. The van der Waals surface area contributed by atoms with Crippen molar-refractivity contribution in [2.75, 3.05) is 6.61 Å².